The van der Waals surface area contributed by atoms with Crippen molar-refractivity contribution in [3.8, 4) is 0 Å². The van der Waals surface area contributed by atoms with E-state index in [2.05, 4.69) is 21.2 Å². The fraction of sp³-hybridized carbons (Fsp3) is 0.522. The Hall–Kier alpha value is -2.08. The zero-order valence-electron chi connectivity index (χ0n) is 21.5. The third-order valence-electron chi connectivity index (χ3n) is 7.10. The maximum Gasteiger partial charge on any atom is 1.00 e. The zero-order valence-corrected chi connectivity index (χ0v) is 23.3. The number of urea groups is 1. The van der Waals surface area contributed by atoms with Crippen LogP contribution in [-0.2, 0) is 47.7 Å². The largest absolute Gasteiger partial charge is 1.00 e. The Morgan fingerprint density at radius 1 is 1.14 bits per heavy atom. The van der Waals surface area contributed by atoms with Gasteiger partial charge in [0.25, 0.3) is 0 Å². The molecule has 3 aliphatic rings. The molecular weight excluding hydrogens is 479 g/mol. The Morgan fingerprint density at radius 3 is 2.37 bits per heavy atom. The van der Waals surface area contributed by atoms with Crippen molar-refractivity contribution in [2.24, 2.45) is 7.05 Å². The number of aromatic nitrogens is 2. The number of carbonyl (C=O) groups is 2. The molecule has 2 heterocycles. The Bertz CT molecular complexity index is 1240. The number of carbonyl (C=O) groups excluding carboxylic acids is 2. The van der Waals surface area contributed by atoms with Gasteiger partial charge in [-0.2, -0.15) is 13.5 Å². The van der Waals surface area contributed by atoms with E-state index in [4.69, 9.17) is 0 Å². The second kappa shape index (κ2) is 10.1. The Balaban J connectivity index is 0.00000180. The molecule has 2 N–H and O–H groups in total. The molecule has 1 aliphatic heterocycles. The van der Waals surface area contributed by atoms with Gasteiger partial charge in [0, 0.05) is 38.9 Å². The van der Waals surface area contributed by atoms with Crippen LogP contribution in [0.2, 0.25) is 0 Å². The monoisotopic (exact) mass is 510 g/mol. The molecule has 1 aromatic carbocycles. The van der Waals surface area contributed by atoms with Gasteiger partial charge in [-0.3, -0.25) is 9.48 Å². The van der Waals surface area contributed by atoms with E-state index >= 15 is 0 Å². The van der Waals surface area contributed by atoms with Crippen molar-refractivity contribution in [1.82, 2.24) is 19.4 Å². The Kier molecular flexibility index (Phi) is 7.51. The molecule has 1 fully saturated rings. The fourth-order valence-electron chi connectivity index (χ4n) is 5.47. The average molecular weight is 511 g/mol. The fourth-order valence-corrected chi connectivity index (χ4v) is 6.80. The summed E-state index contributed by atoms with van der Waals surface area (Å²) >= 11 is 0. The molecule has 1 unspecified atom stereocenters. The van der Waals surface area contributed by atoms with Crippen molar-refractivity contribution in [3.05, 3.63) is 40.7 Å². The van der Waals surface area contributed by atoms with Crippen LogP contribution in [0.1, 0.15) is 49.4 Å². The van der Waals surface area contributed by atoms with Gasteiger partial charge in [-0.05, 0) is 67.2 Å². The quantitative estimate of drug-likeness (QED) is 0.501. The predicted octanol–water partition coefficient (Wildman–Crippen LogP) is -0.992. The summed E-state index contributed by atoms with van der Waals surface area (Å²) in [4.78, 5) is 27.0. The molecule has 1 saturated heterocycles. The van der Waals surface area contributed by atoms with Gasteiger partial charge in [0.1, 0.15) is 0 Å². The number of fused-ring (bicyclic) bond motifs is 2. The minimum absolute atomic E-state index is 0. The minimum atomic E-state index is -4.30. The third-order valence-corrected chi connectivity index (χ3v) is 8.57. The average Bonchev–Trinajstić information content (AvgIpc) is 3.51. The van der Waals surface area contributed by atoms with E-state index in [0.717, 1.165) is 59.6 Å². The van der Waals surface area contributed by atoms with Crippen LogP contribution >= 0.6 is 0 Å². The van der Waals surface area contributed by atoms with E-state index in [1.54, 1.807) is 25.2 Å². The molecule has 0 spiro atoms. The van der Waals surface area contributed by atoms with Gasteiger partial charge in [0.05, 0.1) is 17.9 Å². The second-order valence-electron chi connectivity index (χ2n) is 9.43. The molecule has 10 nitrogen and oxygen atoms in total. The Labute approximate surface area is 229 Å². The van der Waals surface area contributed by atoms with Crippen LogP contribution in [0, 0.1) is 0 Å². The summed E-state index contributed by atoms with van der Waals surface area (Å²) in [7, 11) is -0.919. The van der Waals surface area contributed by atoms with Gasteiger partial charge >= 0.3 is 45.8 Å². The number of nitrogens with one attached hydrogen (secondary N) is 2. The molecule has 2 aromatic rings. The first-order chi connectivity index (χ1) is 16.2. The van der Waals surface area contributed by atoms with E-state index in [1.807, 2.05) is 0 Å². The SMILES string of the molecule is CN1CCC(N(c2cnn(C)c2)S(=O)(=O)NC(=O)Nc2c3c(cc4c2CCC4)CCC3)CC1=O.[H-].[Na+]. The molecule has 184 valence electrons. The van der Waals surface area contributed by atoms with Crippen LogP contribution in [-0.4, -0.2) is 54.7 Å². The van der Waals surface area contributed by atoms with Gasteiger partial charge in [-0.1, -0.05) is 6.07 Å². The van der Waals surface area contributed by atoms with E-state index in [-0.39, 0.29) is 43.3 Å². The van der Waals surface area contributed by atoms with Gasteiger partial charge < -0.3 is 11.6 Å². The summed E-state index contributed by atoms with van der Waals surface area (Å²) in [6, 6.07) is 0.858. The maximum atomic E-state index is 13.5. The van der Waals surface area contributed by atoms with Crippen molar-refractivity contribution in [3.63, 3.8) is 0 Å². The first kappa shape index (κ1) is 26.0. The summed E-state index contributed by atoms with van der Waals surface area (Å²) in [6.45, 7) is 0.435. The zero-order chi connectivity index (χ0) is 24.0. The van der Waals surface area contributed by atoms with Crippen LogP contribution in [0.3, 0.4) is 0 Å². The van der Waals surface area contributed by atoms with Crippen molar-refractivity contribution in [2.75, 3.05) is 23.2 Å². The van der Waals surface area contributed by atoms with Gasteiger partial charge in [-0.15, -0.1) is 0 Å². The molecule has 3 amide bonds. The predicted molar refractivity (Wildman–Crippen MR) is 129 cm³/mol. The number of rotatable bonds is 5. The normalized spacial score (nSPS) is 19.1. The number of nitrogens with zero attached hydrogens (tertiary/aromatic N) is 4. The maximum absolute atomic E-state index is 13.5. The summed E-state index contributed by atoms with van der Waals surface area (Å²) in [5.74, 6) is -0.139. The number of hydrogen-bond donors (Lipinski definition) is 2. The van der Waals surface area contributed by atoms with Crippen LogP contribution in [0.15, 0.2) is 18.5 Å². The molecule has 1 atom stereocenters. The summed E-state index contributed by atoms with van der Waals surface area (Å²) in [5, 5.41) is 6.97. The topological polar surface area (TPSA) is 117 Å². The smallest absolute Gasteiger partial charge is 1.00 e. The molecule has 12 heteroatoms. The van der Waals surface area contributed by atoms with E-state index < -0.39 is 22.3 Å². The first-order valence-electron chi connectivity index (χ1n) is 11.7. The second-order valence-corrected chi connectivity index (χ2v) is 11.0. The molecule has 1 aromatic heterocycles. The van der Waals surface area contributed by atoms with Crippen LogP contribution in [0.25, 0.3) is 0 Å². The van der Waals surface area contributed by atoms with Crippen molar-refractivity contribution in [1.29, 1.82) is 0 Å². The number of aryl methyl sites for hydroxylation is 3. The summed E-state index contributed by atoms with van der Waals surface area (Å²) in [5.41, 5.74) is 5.84. The van der Waals surface area contributed by atoms with E-state index in [1.165, 1.54) is 22.0 Å². The molecule has 2 aliphatic carbocycles. The molecule has 35 heavy (non-hydrogen) atoms. The van der Waals surface area contributed by atoms with Crippen LogP contribution in [0.5, 0.6) is 0 Å². The number of hydrogen-bond acceptors (Lipinski definition) is 5. The van der Waals surface area contributed by atoms with Crippen molar-refractivity contribution in [2.45, 2.75) is 57.4 Å². The van der Waals surface area contributed by atoms with Crippen LogP contribution in [0.4, 0.5) is 16.2 Å². The molecule has 5 rings (SSSR count). The summed E-state index contributed by atoms with van der Waals surface area (Å²) < 4.78 is 31.8. The van der Waals surface area contributed by atoms with Crippen molar-refractivity contribution < 1.29 is 49.0 Å². The standard InChI is InChI=1S/C23H30N6O4S.Na.H/c1-27-10-9-17(12-21(27)30)29(18-13-24-28(2)14-18)34(32,33)26-23(31)25-22-19-7-3-5-15(19)11-16-6-4-8-20(16)22;;/h11,13-14,17H,3-10,12H2,1-2H3,(H2,25,26,31);;/q;+1;-1. The van der Waals surface area contributed by atoms with Gasteiger partial charge in [0.15, 0.2) is 0 Å². The van der Waals surface area contributed by atoms with Crippen molar-refractivity contribution >= 4 is 33.5 Å². The Morgan fingerprint density at radius 2 is 1.80 bits per heavy atom. The third kappa shape index (κ3) is 5.09. The molecular formula is C23H31N6NaO4S. The molecule has 0 radical (unpaired) electrons. The molecule has 0 saturated carbocycles. The number of benzene rings is 1. The minimum Gasteiger partial charge on any atom is -1.00 e. The van der Waals surface area contributed by atoms with Gasteiger partial charge in [0.2, 0.25) is 5.91 Å². The van der Waals surface area contributed by atoms with Gasteiger partial charge in [-0.25, -0.2) is 13.8 Å². The van der Waals surface area contributed by atoms with Crippen LogP contribution < -0.4 is 43.9 Å². The number of likely N-dealkylation sites (tertiary alicyclic amines) is 1. The van der Waals surface area contributed by atoms with E-state index in [9.17, 15) is 18.0 Å². The molecule has 0 bridgehead atoms. The number of piperidine rings is 1. The number of amides is 3. The van der Waals surface area contributed by atoms with E-state index in [0.29, 0.717) is 18.7 Å². The summed E-state index contributed by atoms with van der Waals surface area (Å²) in [6.07, 6.45) is 9.28. The first-order valence-corrected chi connectivity index (χ1v) is 13.2. The number of anilines is 2.